The Bertz CT molecular complexity index is 580. The number of hydrogen-bond acceptors (Lipinski definition) is 3. The smallest absolute Gasteiger partial charge is 0.323 e. The first kappa shape index (κ1) is 14.6. The highest BCUT2D eigenvalue weighted by atomic mass is 35.5. The van der Waals surface area contributed by atoms with E-state index in [2.05, 4.69) is 0 Å². The number of aliphatic hydroxyl groups excluding tert-OH is 1. The summed E-state index contributed by atoms with van der Waals surface area (Å²) in [6.07, 6.45) is 0. The Morgan fingerprint density at radius 3 is 2.15 bits per heavy atom. The van der Waals surface area contributed by atoms with Crippen LogP contribution in [0.3, 0.4) is 0 Å². The van der Waals surface area contributed by atoms with Crippen molar-refractivity contribution in [3.63, 3.8) is 0 Å². The number of benzene rings is 2. The van der Waals surface area contributed by atoms with E-state index in [1.165, 1.54) is 7.11 Å². The van der Waals surface area contributed by atoms with Crippen LogP contribution in [0.4, 0.5) is 0 Å². The van der Waals surface area contributed by atoms with Gasteiger partial charge in [0.1, 0.15) is 5.41 Å². The molecule has 1 atom stereocenters. The fourth-order valence-electron chi connectivity index (χ4n) is 2.28. The predicted molar refractivity (Wildman–Crippen MR) is 77.8 cm³/mol. The van der Waals surface area contributed by atoms with E-state index in [1.807, 2.05) is 18.2 Å². The first-order chi connectivity index (χ1) is 9.65. The van der Waals surface area contributed by atoms with Crippen molar-refractivity contribution < 1.29 is 14.6 Å². The van der Waals surface area contributed by atoms with E-state index in [1.54, 1.807) is 36.4 Å². The van der Waals surface area contributed by atoms with Crippen LogP contribution in [0.1, 0.15) is 11.1 Å². The van der Waals surface area contributed by atoms with Crippen molar-refractivity contribution in [2.75, 3.05) is 13.7 Å². The summed E-state index contributed by atoms with van der Waals surface area (Å²) in [6.45, 7) is -0.384. The van der Waals surface area contributed by atoms with Gasteiger partial charge in [0, 0.05) is 5.02 Å². The van der Waals surface area contributed by atoms with Gasteiger partial charge >= 0.3 is 5.97 Å². The summed E-state index contributed by atoms with van der Waals surface area (Å²) in [6, 6.07) is 15.9. The number of halogens is 1. The summed E-state index contributed by atoms with van der Waals surface area (Å²) < 4.78 is 4.91. The lowest BCUT2D eigenvalue weighted by Crippen LogP contribution is -2.41. The van der Waals surface area contributed by atoms with Gasteiger partial charge in [0.25, 0.3) is 0 Å². The molecule has 0 saturated carbocycles. The Balaban J connectivity index is 2.65. The van der Waals surface area contributed by atoms with Gasteiger partial charge < -0.3 is 9.84 Å². The molecule has 20 heavy (non-hydrogen) atoms. The minimum Gasteiger partial charge on any atom is -0.468 e. The fraction of sp³-hybridized carbons (Fsp3) is 0.188. The number of rotatable bonds is 4. The molecule has 2 aromatic rings. The molecule has 0 amide bonds. The molecule has 104 valence electrons. The SMILES string of the molecule is COC(=O)C(CO)(c1ccccc1)c1ccc(Cl)cc1. The summed E-state index contributed by atoms with van der Waals surface area (Å²) in [5, 5.41) is 10.5. The first-order valence-electron chi connectivity index (χ1n) is 6.16. The molecular formula is C16H15ClO3. The lowest BCUT2D eigenvalue weighted by molar-refractivity contribution is -0.147. The highest BCUT2D eigenvalue weighted by molar-refractivity contribution is 6.30. The predicted octanol–water partition coefficient (Wildman–Crippen LogP) is 2.79. The van der Waals surface area contributed by atoms with Crippen LogP contribution in [-0.2, 0) is 14.9 Å². The van der Waals surface area contributed by atoms with E-state index >= 15 is 0 Å². The Morgan fingerprint density at radius 1 is 1.10 bits per heavy atom. The van der Waals surface area contributed by atoms with Gasteiger partial charge in [-0.05, 0) is 23.3 Å². The topological polar surface area (TPSA) is 46.5 Å². The monoisotopic (exact) mass is 290 g/mol. The van der Waals surface area contributed by atoms with E-state index in [0.717, 1.165) is 0 Å². The van der Waals surface area contributed by atoms with Crippen LogP contribution in [0.25, 0.3) is 0 Å². The third-order valence-electron chi connectivity index (χ3n) is 3.37. The molecule has 0 aliphatic heterocycles. The number of carbonyl (C=O) groups is 1. The maximum absolute atomic E-state index is 12.3. The minimum absolute atomic E-state index is 0.384. The van der Waals surface area contributed by atoms with Gasteiger partial charge in [0.2, 0.25) is 0 Å². The summed E-state index contributed by atoms with van der Waals surface area (Å²) in [5.41, 5.74) is 0.0831. The van der Waals surface area contributed by atoms with E-state index in [-0.39, 0.29) is 6.61 Å². The Kier molecular flexibility index (Phi) is 4.42. The van der Waals surface area contributed by atoms with Crippen molar-refractivity contribution in [1.29, 1.82) is 0 Å². The third kappa shape index (κ3) is 2.42. The quantitative estimate of drug-likeness (QED) is 0.881. The van der Waals surface area contributed by atoms with Gasteiger partial charge in [-0.25, -0.2) is 0 Å². The molecule has 0 saturated heterocycles. The molecule has 0 aliphatic carbocycles. The molecule has 0 aromatic heterocycles. The molecule has 1 unspecified atom stereocenters. The van der Waals surface area contributed by atoms with Crippen molar-refractivity contribution in [1.82, 2.24) is 0 Å². The maximum Gasteiger partial charge on any atom is 0.323 e. The van der Waals surface area contributed by atoms with Crippen LogP contribution in [0.5, 0.6) is 0 Å². The lowest BCUT2D eigenvalue weighted by atomic mass is 9.75. The second-order valence-corrected chi connectivity index (χ2v) is 4.86. The number of methoxy groups -OCH3 is 1. The van der Waals surface area contributed by atoms with E-state index in [4.69, 9.17) is 16.3 Å². The molecule has 2 aromatic carbocycles. The van der Waals surface area contributed by atoms with Gasteiger partial charge in [0.15, 0.2) is 0 Å². The van der Waals surface area contributed by atoms with Gasteiger partial charge in [-0.15, -0.1) is 0 Å². The number of hydrogen-bond donors (Lipinski definition) is 1. The van der Waals surface area contributed by atoms with E-state index in [0.29, 0.717) is 16.1 Å². The van der Waals surface area contributed by atoms with Crippen molar-refractivity contribution in [3.8, 4) is 0 Å². The number of aliphatic hydroxyl groups is 1. The molecule has 1 N–H and O–H groups in total. The molecule has 4 heteroatoms. The molecule has 0 aliphatic rings. The number of carbonyl (C=O) groups excluding carboxylic acids is 1. The van der Waals surface area contributed by atoms with Crippen LogP contribution >= 0.6 is 11.6 Å². The summed E-state index contributed by atoms with van der Waals surface area (Å²) >= 11 is 5.89. The van der Waals surface area contributed by atoms with Crippen LogP contribution in [0, 0.1) is 0 Å². The van der Waals surface area contributed by atoms with Crippen molar-refractivity contribution in [2.24, 2.45) is 0 Å². The number of esters is 1. The lowest BCUT2D eigenvalue weighted by Gasteiger charge is -2.30. The normalized spacial score (nSPS) is 13.6. The van der Waals surface area contributed by atoms with Crippen molar-refractivity contribution in [3.05, 3.63) is 70.7 Å². The zero-order chi connectivity index (χ0) is 14.6. The number of ether oxygens (including phenoxy) is 1. The molecule has 2 rings (SSSR count). The van der Waals surface area contributed by atoms with Crippen LogP contribution in [-0.4, -0.2) is 24.8 Å². The molecule has 0 radical (unpaired) electrons. The molecule has 0 bridgehead atoms. The minimum atomic E-state index is -1.24. The second kappa shape index (κ2) is 6.07. The van der Waals surface area contributed by atoms with Crippen LogP contribution < -0.4 is 0 Å². The van der Waals surface area contributed by atoms with Gasteiger partial charge in [-0.3, -0.25) is 4.79 Å². The Labute approximate surface area is 122 Å². The highest BCUT2D eigenvalue weighted by Gasteiger charge is 2.42. The van der Waals surface area contributed by atoms with Crippen molar-refractivity contribution in [2.45, 2.75) is 5.41 Å². The summed E-state index contributed by atoms with van der Waals surface area (Å²) in [7, 11) is 1.31. The Hall–Kier alpha value is -1.84. The zero-order valence-corrected chi connectivity index (χ0v) is 11.8. The molecule has 0 fully saturated rings. The molecule has 3 nitrogen and oxygen atoms in total. The fourth-order valence-corrected chi connectivity index (χ4v) is 2.41. The average Bonchev–Trinajstić information content (AvgIpc) is 2.51. The Morgan fingerprint density at radius 2 is 1.65 bits per heavy atom. The summed E-state index contributed by atoms with van der Waals surface area (Å²) in [5.74, 6) is -0.506. The summed E-state index contributed by atoms with van der Waals surface area (Å²) in [4.78, 5) is 12.3. The highest BCUT2D eigenvalue weighted by Crippen LogP contribution is 2.34. The molecule has 0 heterocycles. The van der Waals surface area contributed by atoms with Gasteiger partial charge in [0.05, 0.1) is 13.7 Å². The van der Waals surface area contributed by atoms with E-state index < -0.39 is 11.4 Å². The molecular weight excluding hydrogens is 276 g/mol. The van der Waals surface area contributed by atoms with E-state index in [9.17, 15) is 9.90 Å². The van der Waals surface area contributed by atoms with Crippen molar-refractivity contribution >= 4 is 17.6 Å². The second-order valence-electron chi connectivity index (χ2n) is 4.43. The first-order valence-corrected chi connectivity index (χ1v) is 6.54. The zero-order valence-electron chi connectivity index (χ0n) is 11.0. The third-order valence-corrected chi connectivity index (χ3v) is 3.63. The van der Waals surface area contributed by atoms with Crippen LogP contribution in [0.15, 0.2) is 54.6 Å². The standard InChI is InChI=1S/C16H15ClO3/c1-20-15(19)16(11-18,12-5-3-2-4-6-12)13-7-9-14(17)10-8-13/h2-10,18H,11H2,1H3. The largest absolute Gasteiger partial charge is 0.468 e. The van der Waals surface area contributed by atoms with Gasteiger partial charge in [-0.1, -0.05) is 54.1 Å². The maximum atomic E-state index is 12.3. The molecule has 0 spiro atoms. The average molecular weight is 291 g/mol. The van der Waals surface area contributed by atoms with Gasteiger partial charge in [-0.2, -0.15) is 0 Å². The van der Waals surface area contributed by atoms with Crippen LogP contribution in [0.2, 0.25) is 5.02 Å².